The standard InChI is InChI=1S/C31H30O7/c1-34-25-12-14-29(27(19-25)31-35-15-16-36-31)38-26-4-2-3-21(17-26)5-6-22-9-13-28(33)30(18-22)37-24-10-7-23(20-32)8-11-24/h2-4,7-14,17-19,31-33H,5-6,15-16,20H2,1H3. The minimum absolute atomic E-state index is 0.0299. The van der Waals surface area contributed by atoms with Gasteiger partial charge in [0.05, 0.1) is 32.5 Å². The van der Waals surface area contributed by atoms with E-state index in [-0.39, 0.29) is 12.4 Å². The lowest BCUT2D eigenvalue weighted by atomic mass is 10.0. The number of hydrogen-bond donors (Lipinski definition) is 2. The van der Waals surface area contributed by atoms with Crippen molar-refractivity contribution in [1.29, 1.82) is 0 Å². The Morgan fingerprint density at radius 2 is 1.39 bits per heavy atom. The maximum absolute atomic E-state index is 10.3. The lowest BCUT2D eigenvalue weighted by Gasteiger charge is -2.17. The number of rotatable bonds is 10. The molecule has 38 heavy (non-hydrogen) atoms. The van der Waals surface area contributed by atoms with E-state index in [9.17, 15) is 10.2 Å². The number of phenolic OH excluding ortho intramolecular Hbond substituents is 1. The molecular weight excluding hydrogens is 484 g/mol. The zero-order chi connectivity index (χ0) is 26.3. The summed E-state index contributed by atoms with van der Waals surface area (Å²) < 4.78 is 28.9. The fraction of sp³-hybridized carbons (Fsp3) is 0.226. The third-order valence-corrected chi connectivity index (χ3v) is 6.28. The lowest BCUT2D eigenvalue weighted by Crippen LogP contribution is -2.02. The second-order valence-corrected chi connectivity index (χ2v) is 8.93. The summed E-state index contributed by atoms with van der Waals surface area (Å²) in [5.41, 5.74) is 3.73. The van der Waals surface area contributed by atoms with Crippen molar-refractivity contribution in [1.82, 2.24) is 0 Å². The Hall–Kier alpha value is -4.04. The highest BCUT2D eigenvalue weighted by Gasteiger charge is 2.23. The van der Waals surface area contributed by atoms with E-state index >= 15 is 0 Å². The second-order valence-electron chi connectivity index (χ2n) is 8.93. The van der Waals surface area contributed by atoms with Crippen LogP contribution in [0.5, 0.6) is 34.5 Å². The summed E-state index contributed by atoms with van der Waals surface area (Å²) in [5.74, 6) is 3.13. The minimum atomic E-state index is -0.484. The van der Waals surface area contributed by atoms with Crippen LogP contribution in [0.25, 0.3) is 0 Å². The molecule has 1 aliphatic rings. The molecule has 2 N–H and O–H groups in total. The molecule has 1 heterocycles. The van der Waals surface area contributed by atoms with Gasteiger partial charge in [-0.15, -0.1) is 0 Å². The van der Waals surface area contributed by atoms with E-state index in [1.165, 1.54) is 0 Å². The zero-order valence-corrected chi connectivity index (χ0v) is 21.1. The van der Waals surface area contributed by atoms with E-state index in [1.54, 1.807) is 37.4 Å². The van der Waals surface area contributed by atoms with Gasteiger partial charge in [0.1, 0.15) is 23.0 Å². The van der Waals surface area contributed by atoms with Gasteiger partial charge in [0.2, 0.25) is 0 Å². The Morgan fingerprint density at radius 1 is 0.711 bits per heavy atom. The van der Waals surface area contributed by atoms with Crippen LogP contribution in [0, 0.1) is 0 Å². The number of ether oxygens (including phenoxy) is 5. The van der Waals surface area contributed by atoms with Crippen molar-refractivity contribution in [3.8, 4) is 34.5 Å². The van der Waals surface area contributed by atoms with E-state index in [0.29, 0.717) is 42.0 Å². The number of aryl methyl sites for hydroxylation is 2. The van der Waals surface area contributed by atoms with Gasteiger partial charge in [-0.3, -0.25) is 0 Å². The van der Waals surface area contributed by atoms with E-state index < -0.39 is 6.29 Å². The Bertz CT molecular complexity index is 1360. The Balaban J connectivity index is 1.26. The molecule has 1 fully saturated rings. The van der Waals surface area contributed by atoms with Crippen molar-refractivity contribution in [3.63, 3.8) is 0 Å². The molecule has 0 unspecified atom stereocenters. The van der Waals surface area contributed by atoms with E-state index in [2.05, 4.69) is 6.07 Å². The average molecular weight is 515 g/mol. The van der Waals surface area contributed by atoms with Crippen LogP contribution in [-0.2, 0) is 28.9 Å². The first-order valence-corrected chi connectivity index (χ1v) is 12.5. The largest absolute Gasteiger partial charge is 0.504 e. The van der Waals surface area contributed by atoms with E-state index in [0.717, 1.165) is 35.1 Å². The predicted octanol–water partition coefficient (Wildman–Crippen LogP) is 6.31. The number of aromatic hydroxyl groups is 1. The third-order valence-electron chi connectivity index (χ3n) is 6.28. The molecule has 0 radical (unpaired) electrons. The summed E-state index contributed by atoms with van der Waals surface area (Å²) in [5, 5.41) is 19.5. The summed E-state index contributed by atoms with van der Waals surface area (Å²) in [6.45, 7) is 1.05. The van der Waals surface area contributed by atoms with Crippen LogP contribution in [0.4, 0.5) is 0 Å². The van der Waals surface area contributed by atoms with E-state index in [1.807, 2.05) is 48.5 Å². The lowest BCUT2D eigenvalue weighted by molar-refractivity contribution is -0.0453. The molecule has 1 aliphatic heterocycles. The SMILES string of the molecule is COc1ccc(Oc2cccc(CCc3ccc(O)c(Oc4ccc(CO)cc4)c3)c2)c(C2OCCO2)c1. The number of phenols is 1. The molecule has 0 aliphatic carbocycles. The molecule has 4 aromatic carbocycles. The molecule has 196 valence electrons. The van der Waals surface area contributed by atoms with Gasteiger partial charge in [0.25, 0.3) is 0 Å². The van der Waals surface area contributed by atoms with Gasteiger partial charge in [-0.1, -0.05) is 30.3 Å². The first kappa shape index (κ1) is 25.6. The fourth-order valence-electron chi connectivity index (χ4n) is 4.23. The molecule has 0 spiro atoms. The van der Waals surface area contributed by atoms with Crippen LogP contribution in [-0.4, -0.2) is 30.5 Å². The minimum Gasteiger partial charge on any atom is -0.504 e. The van der Waals surface area contributed by atoms with Crippen molar-refractivity contribution in [2.24, 2.45) is 0 Å². The summed E-state index contributed by atoms with van der Waals surface area (Å²) in [6, 6.07) is 26.0. The number of aliphatic hydroxyl groups excluding tert-OH is 1. The second kappa shape index (κ2) is 12.0. The summed E-state index contributed by atoms with van der Waals surface area (Å²) >= 11 is 0. The fourth-order valence-corrected chi connectivity index (χ4v) is 4.23. The number of methoxy groups -OCH3 is 1. The first-order chi connectivity index (χ1) is 18.6. The van der Waals surface area contributed by atoms with Crippen LogP contribution in [0.15, 0.2) is 84.9 Å². The highest BCUT2D eigenvalue weighted by Crippen LogP contribution is 2.37. The van der Waals surface area contributed by atoms with Crippen molar-refractivity contribution in [3.05, 3.63) is 107 Å². The molecular formula is C31H30O7. The summed E-state index contributed by atoms with van der Waals surface area (Å²) in [7, 11) is 1.62. The Labute approximate surface area is 221 Å². The molecule has 0 aromatic heterocycles. The van der Waals surface area contributed by atoms with Gasteiger partial charge >= 0.3 is 0 Å². The third kappa shape index (κ3) is 6.26. The highest BCUT2D eigenvalue weighted by atomic mass is 16.7. The Kier molecular flexibility index (Phi) is 8.09. The molecule has 1 saturated heterocycles. The predicted molar refractivity (Wildman–Crippen MR) is 142 cm³/mol. The van der Waals surface area contributed by atoms with Crippen LogP contribution in [0.3, 0.4) is 0 Å². The summed E-state index contributed by atoms with van der Waals surface area (Å²) in [4.78, 5) is 0. The average Bonchev–Trinajstić information content (AvgIpc) is 3.49. The normalized spacial score (nSPS) is 13.4. The van der Waals surface area contributed by atoms with Crippen molar-refractivity contribution in [2.75, 3.05) is 20.3 Å². The van der Waals surface area contributed by atoms with Crippen LogP contribution in [0.1, 0.15) is 28.5 Å². The van der Waals surface area contributed by atoms with Crippen LogP contribution < -0.4 is 14.2 Å². The van der Waals surface area contributed by atoms with Gasteiger partial charge in [-0.05, 0) is 84.1 Å². The molecule has 0 bridgehead atoms. The van der Waals surface area contributed by atoms with Crippen molar-refractivity contribution < 1.29 is 33.9 Å². The van der Waals surface area contributed by atoms with Gasteiger partial charge in [0, 0.05) is 0 Å². The van der Waals surface area contributed by atoms with Crippen LogP contribution >= 0.6 is 0 Å². The van der Waals surface area contributed by atoms with Crippen molar-refractivity contribution in [2.45, 2.75) is 25.7 Å². The summed E-state index contributed by atoms with van der Waals surface area (Å²) in [6.07, 6.45) is 1.04. The van der Waals surface area contributed by atoms with Crippen molar-refractivity contribution >= 4 is 0 Å². The monoisotopic (exact) mass is 514 g/mol. The van der Waals surface area contributed by atoms with Gasteiger partial charge < -0.3 is 33.9 Å². The number of aliphatic hydroxyl groups is 1. The maximum Gasteiger partial charge on any atom is 0.187 e. The maximum atomic E-state index is 10.3. The molecule has 7 heteroatoms. The smallest absolute Gasteiger partial charge is 0.187 e. The number of hydrogen-bond acceptors (Lipinski definition) is 7. The molecule has 7 nitrogen and oxygen atoms in total. The highest BCUT2D eigenvalue weighted by molar-refractivity contribution is 5.46. The quantitative estimate of drug-likeness (QED) is 0.257. The Morgan fingerprint density at radius 3 is 2.13 bits per heavy atom. The molecule has 0 atom stereocenters. The van der Waals surface area contributed by atoms with Crippen LogP contribution in [0.2, 0.25) is 0 Å². The number of benzene rings is 4. The van der Waals surface area contributed by atoms with E-state index in [4.69, 9.17) is 23.7 Å². The molecule has 0 saturated carbocycles. The molecule has 4 aromatic rings. The first-order valence-electron chi connectivity index (χ1n) is 12.5. The molecule has 0 amide bonds. The van der Waals surface area contributed by atoms with Gasteiger partial charge in [-0.2, -0.15) is 0 Å². The topological polar surface area (TPSA) is 86.6 Å². The molecule has 5 rings (SSSR count). The zero-order valence-electron chi connectivity index (χ0n) is 21.1. The van der Waals surface area contributed by atoms with Gasteiger partial charge in [-0.25, -0.2) is 0 Å². The van der Waals surface area contributed by atoms with Gasteiger partial charge in [0.15, 0.2) is 17.8 Å².